The van der Waals surface area contributed by atoms with Crippen LogP contribution in [-0.2, 0) is 32.0 Å². The van der Waals surface area contributed by atoms with Gasteiger partial charge in [0.05, 0.1) is 6.54 Å². The predicted octanol–water partition coefficient (Wildman–Crippen LogP) is 2.08. The molecule has 2 aromatic carbocycles. The van der Waals surface area contributed by atoms with Crippen molar-refractivity contribution in [1.82, 2.24) is 25.8 Å². The minimum Gasteiger partial charge on any atom is -0.480 e. The molecule has 43 heavy (non-hydrogen) atoms. The van der Waals surface area contributed by atoms with Gasteiger partial charge in [-0.3, -0.25) is 19.3 Å². The van der Waals surface area contributed by atoms with Gasteiger partial charge in [-0.2, -0.15) is 0 Å². The first-order chi connectivity index (χ1) is 20.6. The number of aliphatic carboxylic acids is 1. The molecule has 2 aromatic rings. The molecule has 3 amide bonds. The van der Waals surface area contributed by atoms with E-state index >= 15 is 0 Å². The number of carboxylic acids is 1. The molecule has 0 saturated carbocycles. The number of benzene rings is 2. The zero-order chi connectivity index (χ0) is 31.2. The quantitative estimate of drug-likeness (QED) is 0.234. The number of carbonyl (C=O) groups is 4. The molecular formula is C33H47N5O5. The Bertz CT molecular complexity index is 1170. The number of amides is 3. The Morgan fingerprint density at radius 1 is 0.721 bits per heavy atom. The molecule has 234 valence electrons. The zero-order valence-corrected chi connectivity index (χ0v) is 25.6. The lowest BCUT2D eigenvalue weighted by Crippen LogP contribution is -2.57. The van der Waals surface area contributed by atoms with Gasteiger partial charge in [0.1, 0.15) is 18.1 Å². The van der Waals surface area contributed by atoms with Crippen LogP contribution < -0.4 is 16.0 Å². The largest absolute Gasteiger partial charge is 0.480 e. The lowest BCUT2D eigenvalue weighted by atomic mass is 10.00. The number of carbonyl (C=O) groups excluding carboxylic acids is 3. The van der Waals surface area contributed by atoms with Crippen molar-refractivity contribution in [2.45, 2.75) is 64.1 Å². The van der Waals surface area contributed by atoms with Crippen LogP contribution in [0.15, 0.2) is 60.7 Å². The van der Waals surface area contributed by atoms with E-state index in [1.54, 1.807) is 0 Å². The van der Waals surface area contributed by atoms with E-state index in [-0.39, 0.29) is 24.8 Å². The summed E-state index contributed by atoms with van der Waals surface area (Å²) in [4.78, 5) is 56.4. The van der Waals surface area contributed by atoms with E-state index in [4.69, 9.17) is 0 Å². The van der Waals surface area contributed by atoms with Crippen molar-refractivity contribution in [2.24, 2.45) is 5.92 Å². The summed E-state index contributed by atoms with van der Waals surface area (Å²) >= 11 is 0. The Kier molecular flexibility index (Phi) is 13.6. The molecule has 1 aliphatic rings. The highest BCUT2D eigenvalue weighted by molar-refractivity contribution is 5.93. The van der Waals surface area contributed by atoms with Crippen molar-refractivity contribution in [3.8, 4) is 0 Å². The molecule has 0 unspecified atom stereocenters. The highest BCUT2D eigenvalue weighted by atomic mass is 16.4. The van der Waals surface area contributed by atoms with Gasteiger partial charge in [-0.05, 0) is 49.8 Å². The summed E-state index contributed by atoms with van der Waals surface area (Å²) in [5.41, 5.74) is 1.81. The summed E-state index contributed by atoms with van der Waals surface area (Å²) in [6, 6.07) is 15.9. The van der Waals surface area contributed by atoms with Crippen LogP contribution in [0.25, 0.3) is 0 Å². The zero-order valence-electron chi connectivity index (χ0n) is 25.6. The van der Waals surface area contributed by atoms with E-state index in [2.05, 4.69) is 25.8 Å². The summed E-state index contributed by atoms with van der Waals surface area (Å²) in [5.74, 6) is -2.13. The second-order valence-electron chi connectivity index (χ2n) is 11.8. The average Bonchev–Trinajstić information content (AvgIpc) is 2.99. The maximum absolute atomic E-state index is 13.7. The maximum Gasteiger partial charge on any atom is 0.326 e. The van der Waals surface area contributed by atoms with E-state index < -0.39 is 35.9 Å². The molecule has 10 nitrogen and oxygen atoms in total. The molecule has 0 spiro atoms. The van der Waals surface area contributed by atoms with Gasteiger partial charge in [0, 0.05) is 32.6 Å². The van der Waals surface area contributed by atoms with Crippen LogP contribution in [0.2, 0.25) is 0 Å². The van der Waals surface area contributed by atoms with Crippen LogP contribution in [0.1, 0.15) is 44.2 Å². The van der Waals surface area contributed by atoms with Gasteiger partial charge in [0.2, 0.25) is 17.7 Å². The Hall–Kier alpha value is -3.76. The first-order valence-electron chi connectivity index (χ1n) is 15.2. The van der Waals surface area contributed by atoms with Gasteiger partial charge in [-0.15, -0.1) is 0 Å². The van der Waals surface area contributed by atoms with Crippen molar-refractivity contribution in [2.75, 3.05) is 39.8 Å². The molecule has 1 fully saturated rings. The number of likely N-dealkylation sites (N-methyl/N-ethyl adjacent to an activating group) is 1. The number of aryl methyl sites for hydroxylation is 1. The number of rotatable bonds is 16. The summed E-state index contributed by atoms with van der Waals surface area (Å²) < 4.78 is 0. The number of nitrogens with one attached hydrogen (secondary N) is 3. The highest BCUT2D eigenvalue weighted by Gasteiger charge is 2.30. The van der Waals surface area contributed by atoms with Crippen LogP contribution >= 0.6 is 0 Å². The Morgan fingerprint density at radius 3 is 1.81 bits per heavy atom. The molecule has 10 heteroatoms. The van der Waals surface area contributed by atoms with Gasteiger partial charge in [-0.1, -0.05) is 74.5 Å². The number of hydrogen-bond donors (Lipinski definition) is 4. The van der Waals surface area contributed by atoms with Crippen molar-refractivity contribution in [3.05, 3.63) is 71.8 Å². The molecule has 0 bridgehead atoms. The highest BCUT2D eigenvalue weighted by Crippen LogP contribution is 2.11. The fourth-order valence-electron chi connectivity index (χ4n) is 5.04. The minimum atomic E-state index is -1.15. The van der Waals surface area contributed by atoms with E-state index in [1.165, 1.54) is 0 Å². The molecular weight excluding hydrogens is 546 g/mol. The molecule has 0 radical (unpaired) electrons. The van der Waals surface area contributed by atoms with Crippen LogP contribution in [0, 0.1) is 5.92 Å². The molecule has 1 saturated heterocycles. The normalized spacial score (nSPS) is 16.2. The van der Waals surface area contributed by atoms with Gasteiger partial charge < -0.3 is 26.0 Å². The van der Waals surface area contributed by atoms with Gasteiger partial charge in [0.15, 0.2) is 0 Å². The van der Waals surface area contributed by atoms with Crippen LogP contribution in [0.3, 0.4) is 0 Å². The first kappa shape index (κ1) is 33.7. The summed E-state index contributed by atoms with van der Waals surface area (Å²) in [6.07, 6.45) is 2.03. The van der Waals surface area contributed by atoms with E-state index in [0.29, 0.717) is 25.7 Å². The van der Waals surface area contributed by atoms with Crippen molar-refractivity contribution >= 4 is 23.7 Å². The third-order valence-electron chi connectivity index (χ3n) is 7.74. The van der Waals surface area contributed by atoms with E-state index in [0.717, 1.165) is 37.3 Å². The lowest BCUT2D eigenvalue weighted by Gasteiger charge is -2.32. The molecule has 1 aliphatic heterocycles. The lowest BCUT2D eigenvalue weighted by molar-refractivity contribution is -0.142. The second kappa shape index (κ2) is 17.4. The van der Waals surface area contributed by atoms with Crippen LogP contribution in [0.5, 0.6) is 0 Å². The fourth-order valence-corrected chi connectivity index (χ4v) is 5.04. The number of nitrogens with zero attached hydrogens (tertiary/aromatic N) is 2. The number of carboxylic acid groups (broad SMARTS) is 1. The topological polar surface area (TPSA) is 131 Å². The Labute approximate surface area is 255 Å². The monoisotopic (exact) mass is 593 g/mol. The molecule has 0 aromatic heterocycles. The first-order valence-corrected chi connectivity index (χ1v) is 15.2. The molecule has 3 rings (SSSR count). The third kappa shape index (κ3) is 12.2. The third-order valence-corrected chi connectivity index (χ3v) is 7.74. The Morgan fingerprint density at radius 2 is 1.26 bits per heavy atom. The second-order valence-corrected chi connectivity index (χ2v) is 11.8. The van der Waals surface area contributed by atoms with Crippen LogP contribution in [0.4, 0.5) is 0 Å². The summed E-state index contributed by atoms with van der Waals surface area (Å²) in [6.45, 7) is 7.53. The van der Waals surface area contributed by atoms with Crippen molar-refractivity contribution in [3.63, 3.8) is 0 Å². The summed E-state index contributed by atoms with van der Waals surface area (Å²) in [7, 11) is 2.05. The molecule has 3 atom stereocenters. The number of hydrogen-bond acceptors (Lipinski definition) is 6. The maximum atomic E-state index is 13.7. The average molecular weight is 594 g/mol. The molecule has 1 heterocycles. The standard InChI is InChI=1S/C33H47N5O5/c1-24(2)14-16-28(32(41)36-29(33(42)43)22-26-12-8-5-9-13-26)35-31(40)27(17-15-25-10-6-4-7-11-25)34-30(39)23-38-20-18-37(3)19-21-38/h4-13,24,27-29H,14-23H2,1-3H3,(H,34,39)(H,35,40)(H,36,41)(H,42,43)/t27-,28-,29-/m0/s1. The van der Waals surface area contributed by atoms with Crippen LogP contribution in [-0.4, -0.2) is 96.5 Å². The van der Waals surface area contributed by atoms with Gasteiger partial charge in [-0.25, -0.2) is 4.79 Å². The van der Waals surface area contributed by atoms with E-state index in [9.17, 15) is 24.3 Å². The minimum absolute atomic E-state index is 0.120. The molecule has 4 N–H and O–H groups in total. The van der Waals surface area contributed by atoms with Crippen molar-refractivity contribution < 1.29 is 24.3 Å². The smallest absolute Gasteiger partial charge is 0.326 e. The Balaban J connectivity index is 1.71. The van der Waals surface area contributed by atoms with Crippen molar-refractivity contribution in [1.29, 1.82) is 0 Å². The SMILES string of the molecule is CC(C)CC[C@H](NC(=O)[C@H](CCc1ccccc1)NC(=O)CN1CCN(C)CC1)C(=O)N[C@@H](Cc1ccccc1)C(=O)O. The predicted molar refractivity (Wildman–Crippen MR) is 166 cm³/mol. The van der Waals surface area contributed by atoms with Gasteiger partial charge >= 0.3 is 5.97 Å². The summed E-state index contributed by atoms with van der Waals surface area (Å²) in [5, 5.41) is 18.2. The van der Waals surface area contributed by atoms with Gasteiger partial charge in [0.25, 0.3) is 0 Å². The fraction of sp³-hybridized carbons (Fsp3) is 0.515. The molecule has 0 aliphatic carbocycles. The van der Waals surface area contributed by atoms with E-state index in [1.807, 2.05) is 81.6 Å². The number of piperazine rings is 1.